The van der Waals surface area contributed by atoms with E-state index in [0.29, 0.717) is 0 Å². The van der Waals surface area contributed by atoms with Crippen LogP contribution in [0.5, 0.6) is 0 Å². The molecule has 0 unspecified atom stereocenters. The Morgan fingerprint density at radius 2 is 1.69 bits per heavy atom. The van der Waals surface area contributed by atoms with Crippen LogP contribution in [-0.2, 0) is 27.7 Å². The van der Waals surface area contributed by atoms with E-state index in [4.69, 9.17) is 9.96 Å². The quantitative estimate of drug-likeness (QED) is 0.678. The first kappa shape index (κ1) is 11.2. The Labute approximate surface area is 84.2 Å². The van der Waals surface area contributed by atoms with Crippen LogP contribution in [0.1, 0.15) is 13.3 Å². The van der Waals surface area contributed by atoms with Crippen molar-refractivity contribution in [1.82, 2.24) is 0 Å². The van der Waals surface area contributed by atoms with Gasteiger partial charge in [-0.15, -0.1) is 0 Å². The monoisotopic (exact) mass is 220 g/mol. The van der Waals surface area contributed by atoms with Gasteiger partial charge >= 0.3 is 84.0 Å². The van der Waals surface area contributed by atoms with E-state index in [0.717, 1.165) is 6.42 Å². The van der Waals surface area contributed by atoms with Gasteiger partial charge in [-0.2, -0.15) is 0 Å². The zero-order valence-corrected chi connectivity index (χ0v) is 10.1. The van der Waals surface area contributed by atoms with Crippen molar-refractivity contribution in [1.29, 1.82) is 0 Å². The molecule has 3 nitrogen and oxygen atoms in total. The van der Waals surface area contributed by atoms with E-state index in [1.807, 2.05) is 0 Å². The first-order valence-corrected chi connectivity index (χ1v) is 6.91. The van der Waals surface area contributed by atoms with Gasteiger partial charge in [-0.25, -0.2) is 0 Å². The van der Waals surface area contributed by atoms with E-state index < -0.39 is 17.8 Å². The van der Waals surface area contributed by atoms with Crippen molar-refractivity contribution in [3.63, 3.8) is 0 Å². The van der Waals surface area contributed by atoms with Crippen LogP contribution in [0.15, 0.2) is 21.6 Å². The molecule has 1 aliphatic rings. The minimum absolute atomic E-state index is 0.904. The first-order chi connectivity index (χ1) is 6.20. The van der Waals surface area contributed by atoms with E-state index in [-0.39, 0.29) is 0 Å². The predicted octanol–water partition coefficient (Wildman–Crippen LogP) is 2.06. The Bertz CT molecular complexity index is 233. The van der Waals surface area contributed by atoms with Crippen LogP contribution in [0.2, 0.25) is 0 Å². The Kier molecular flexibility index (Phi) is 3.89. The average molecular weight is 220 g/mol. The van der Waals surface area contributed by atoms with Crippen LogP contribution in [0.4, 0.5) is 0 Å². The summed E-state index contributed by atoms with van der Waals surface area (Å²) in [5.74, 6) is 0. The normalized spacial score (nSPS) is 17.2. The van der Waals surface area contributed by atoms with Gasteiger partial charge in [0.1, 0.15) is 0 Å². The Balaban J connectivity index is 2.95. The summed E-state index contributed by atoms with van der Waals surface area (Å²) in [6.07, 6.45) is 5.11. The second-order valence-corrected chi connectivity index (χ2v) is 7.53. The molecule has 0 aromatic carbocycles. The fourth-order valence-corrected chi connectivity index (χ4v) is 5.00. The van der Waals surface area contributed by atoms with Gasteiger partial charge in [0.05, 0.1) is 0 Å². The summed E-state index contributed by atoms with van der Waals surface area (Å²) in [7, 11) is 4.97. The van der Waals surface area contributed by atoms with E-state index in [1.54, 1.807) is 21.3 Å². The molecule has 1 rings (SSSR count). The molecule has 0 aromatic rings. The standard InChI is InChI=1S/C6H7.3CH3O.Ti/c1-6-4-2-3-5-6;3*1-2;/h2,4H,3H2,1H3;3*1H3;/q;3*-1;+3. The zero-order chi connectivity index (χ0) is 9.90. The number of hydrogen-bond donors (Lipinski definition) is 0. The van der Waals surface area contributed by atoms with Crippen molar-refractivity contribution < 1.29 is 27.7 Å². The molecule has 1 aliphatic carbocycles. The van der Waals surface area contributed by atoms with Crippen LogP contribution in [0, 0.1) is 0 Å². The molecular formula is C9H16O3Ti. The second kappa shape index (κ2) is 4.53. The summed E-state index contributed by atoms with van der Waals surface area (Å²) in [6.45, 7) is 2.07. The van der Waals surface area contributed by atoms with Crippen LogP contribution in [0.25, 0.3) is 0 Å². The van der Waals surface area contributed by atoms with Crippen molar-refractivity contribution in [2.45, 2.75) is 13.3 Å². The van der Waals surface area contributed by atoms with Crippen molar-refractivity contribution in [2.24, 2.45) is 0 Å². The second-order valence-electron chi connectivity index (χ2n) is 2.94. The van der Waals surface area contributed by atoms with Gasteiger partial charge in [0.25, 0.3) is 0 Å². The molecule has 0 aliphatic heterocycles. The molecule has 0 amide bonds. The van der Waals surface area contributed by atoms with Crippen LogP contribution >= 0.6 is 0 Å². The van der Waals surface area contributed by atoms with E-state index >= 15 is 0 Å². The molecule has 13 heavy (non-hydrogen) atoms. The van der Waals surface area contributed by atoms with Gasteiger partial charge in [-0.1, -0.05) is 0 Å². The minimum atomic E-state index is -3.06. The van der Waals surface area contributed by atoms with Gasteiger partial charge in [-0.3, -0.25) is 0 Å². The van der Waals surface area contributed by atoms with E-state index in [1.165, 1.54) is 9.45 Å². The van der Waals surface area contributed by atoms with Crippen molar-refractivity contribution in [2.75, 3.05) is 21.3 Å². The Hall–Kier alpha value is 0.0743. The summed E-state index contributed by atoms with van der Waals surface area (Å²) in [4.78, 5) is 0. The van der Waals surface area contributed by atoms with Gasteiger partial charge in [0.2, 0.25) is 0 Å². The number of allylic oxidation sites excluding steroid dienone is 4. The molecule has 0 bridgehead atoms. The molecule has 0 N–H and O–H groups in total. The summed E-state index contributed by atoms with van der Waals surface area (Å²) >= 11 is -3.06. The third-order valence-corrected chi connectivity index (χ3v) is 6.95. The summed E-state index contributed by atoms with van der Waals surface area (Å²) in [5, 5.41) is 0. The predicted molar refractivity (Wildman–Crippen MR) is 47.5 cm³/mol. The van der Waals surface area contributed by atoms with Crippen molar-refractivity contribution >= 4 is 0 Å². The van der Waals surface area contributed by atoms with Crippen LogP contribution in [0.3, 0.4) is 0 Å². The molecule has 0 atom stereocenters. The van der Waals surface area contributed by atoms with Gasteiger partial charge < -0.3 is 0 Å². The molecule has 0 fully saturated rings. The topological polar surface area (TPSA) is 27.7 Å². The fraction of sp³-hybridized carbons (Fsp3) is 0.556. The van der Waals surface area contributed by atoms with Gasteiger partial charge in [-0.05, 0) is 0 Å². The number of rotatable bonds is 4. The van der Waals surface area contributed by atoms with Gasteiger partial charge in [0, 0.05) is 0 Å². The van der Waals surface area contributed by atoms with E-state index in [9.17, 15) is 0 Å². The SMILES string of the molecule is C[O][Ti]([O]C)([O]C)[C]1=C(C)C=CC1. The first-order valence-electron chi connectivity index (χ1n) is 4.22. The summed E-state index contributed by atoms with van der Waals surface area (Å²) < 4.78 is 17.5. The molecule has 0 radical (unpaired) electrons. The summed E-state index contributed by atoms with van der Waals surface area (Å²) in [6, 6.07) is 0. The molecule has 0 saturated carbocycles. The maximum atomic E-state index is 5.44. The molecule has 74 valence electrons. The molecular weight excluding hydrogens is 204 g/mol. The van der Waals surface area contributed by atoms with Gasteiger partial charge in [0.15, 0.2) is 0 Å². The van der Waals surface area contributed by atoms with Crippen LogP contribution < -0.4 is 0 Å². The average Bonchev–Trinajstić information content (AvgIpc) is 2.57. The van der Waals surface area contributed by atoms with Crippen molar-refractivity contribution in [3.8, 4) is 0 Å². The Morgan fingerprint density at radius 1 is 1.15 bits per heavy atom. The molecule has 0 aromatic heterocycles. The van der Waals surface area contributed by atoms with Crippen molar-refractivity contribution in [3.05, 3.63) is 21.6 Å². The summed E-state index contributed by atoms with van der Waals surface area (Å²) in [5.41, 5.74) is 1.23. The zero-order valence-electron chi connectivity index (χ0n) is 8.59. The Morgan fingerprint density at radius 3 is 2.00 bits per heavy atom. The van der Waals surface area contributed by atoms with Crippen LogP contribution in [-0.4, -0.2) is 21.3 Å². The van der Waals surface area contributed by atoms with E-state index in [2.05, 4.69) is 19.1 Å². The molecule has 0 saturated heterocycles. The number of hydrogen-bond acceptors (Lipinski definition) is 3. The third-order valence-electron chi connectivity index (χ3n) is 2.34. The maximum absolute atomic E-state index is 5.44. The molecule has 0 heterocycles. The molecule has 0 spiro atoms. The molecule has 4 heteroatoms. The fourth-order valence-electron chi connectivity index (χ4n) is 1.60. The third kappa shape index (κ3) is 1.95.